The lowest BCUT2D eigenvalue weighted by Crippen LogP contribution is -2.46. The van der Waals surface area contributed by atoms with Crippen LogP contribution in [0.2, 0.25) is 0 Å². The van der Waals surface area contributed by atoms with Crippen molar-refractivity contribution in [2.45, 2.75) is 6.10 Å². The fourth-order valence-corrected chi connectivity index (χ4v) is 2.05. The van der Waals surface area contributed by atoms with Gasteiger partial charge in [-0.15, -0.1) is 10.2 Å². The monoisotopic (exact) mass is 244 g/mol. The molecular formula is C8H12N4O3S. The Hall–Kier alpha value is -1.25. The molecule has 1 aromatic heterocycles. The van der Waals surface area contributed by atoms with Gasteiger partial charge in [-0.3, -0.25) is 4.79 Å². The van der Waals surface area contributed by atoms with Crippen LogP contribution in [0.1, 0.15) is 9.80 Å². The molecular weight excluding hydrogens is 232 g/mol. The molecule has 16 heavy (non-hydrogen) atoms. The Balaban J connectivity index is 2.04. The fraction of sp³-hybridized carbons (Fsp3) is 0.625. The Morgan fingerprint density at radius 2 is 2.50 bits per heavy atom. The Bertz CT molecular complexity index is 383. The molecule has 1 saturated heterocycles. The predicted molar refractivity (Wildman–Crippen MR) is 57.1 cm³/mol. The van der Waals surface area contributed by atoms with Crippen LogP contribution in [0.15, 0.2) is 0 Å². The second-order valence-corrected chi connectivity index (χ2v) is 4.38. The molecule has 8 heteroatoms. The van der Waals surface area contributed by atoms with E-state index in [9.17, 15) is 4.79 Å². The highest BCUT2D eigenvalue weighted by atomic mass is 32.1. The highest BCUT2D eigenvalue weighted by Gasteiger charge is 2.26. The van der Waals surface area contributed by atoms with Crippen molar-refractivity contribution < 1.29 is 14.6 Å². The van der Waals surface area contributed by atoms with E-state index in [1.54, 1.807) is 4.90 Å². The van der Waals surface area contributed by atoms with Crippen LogP contribution in [-0.2, 0) is 4.74 Å². The smallest absolute Gasteiger partial charge is 0.285 e. The number of carbonyl (C=O) groups excluding carboxylic acids is 1. The maximum atomic E-state index is 11.9. The molecule has 1 amide bonds. The van der Waals surface area contributed by atoms with Crippen LogP contribution < -0.4 is 5.73 Å². The number of aliphatic hydroxyl groups is 1. The van der Waals surface area contributed by atoms with Crippen molar-refractivity contribution >= 4 is 22.4 Å². The summed E-state index contributed by atoms with van der Waals surface area (Å²) in [6, 6.07) is 0. The highest BCUT2D eigenvalue weighted by molar-refractivity contribution is 7.16. The maximum absolute atomic E-state index is 11.9. The van der Waals surface area contributed by atoms with Gasteiger partial charge in [0.2, 0.25) is 10.1 Å². The number of nitrogens with zero attached hydrogens (tertiary/aromatic N) is 3. The number of nitrogens with two attached hydrogens (primary N) is 1. The largest absolute Gasteiger partial charge is 0.394 e. The molecule has 0 saturated carbocycles. The summed E-state index contributed by atoms with van der Waals surface area (Å²) in [7, 11) is 0. The molecule has 1 atom stereocenters. The Labute approximate surface area is 95.8 Å². The number of carbonyl (C=O) groups is 1. The van der Waals surface area contributed by atoms with E-state index in [1.807, 2.05) is 0 Å². The summed E-state index contributed by atoms with van der Waals surface area (Å²) in [5, 5.41) is 16.8. The van der Waals surface area contributed by atoms with Crippen LogP contribution in [0.3, 0.4) is 0 Å². The van der Waals surface area contributed by atoms with Gasteiger partial charge in [0, 0.05) is 13.1 Å². The minimum atomic E-state index is -0.317. The Morgan fingerprint density at radius 1 is 1.69 bits per heavy atom. The first-order chi connectivity index (χ1) is 7.70. The quantitative estimate of drug-likeness (QED) is 0.688. The molecule has 2 heterocycles. The number of amides is 1. The van der Waals surface area contributed by atoms with Gasteiger partial charge in [-0.25, -0.2) is 0 Å². The average molecular weight is 244 g/mol. The molecule has 3 N–H and O–H groups in total. The number of ether oxygens (including phenoxy) is 1. The second-order valence-electron chi connectivity index (χ2n) is 3.37. The third-order valence-electron chi connectivity index (χ3n) is 2.25. The maximum Gasteiger partial charge on any atom is 0.285 e. The van der Waals surface area contributed by atoms with Crippen molar-refractivity contribution in [3.63, 3.8) is 0 Å². The first kappa shape index (κ1) is 11.2. The molecule has 1 aromatic rings. The van der Waals surface area contributed by atoms with Crippen molar-refractivity contribution in [1.29, 1.82) is 0 Å². The van der Waals surface area contributed by atoms with E-state index in [2.05, 4.69) is 10.2 Å². The number of nitrogen functional groups attached to an aromatic ring is 1. The zero-order chi connectivity index (χ0) is 11.5. The lowest BCUT2D eigenvalue weighted by molar-refractivity contribution is -0.0447. The summed E-state index contributed by atoms with van der Waals surface area (Å²) < 4.78 is 5.25. The van der Waals surface area contributed by atoms with Crippen LogP contribution >= 0.6 is 11.3 Å². The summed E-state index contributed by atoms with van der Waals surface area (Å²) in [4.78, 5) is 13.5. The van der Waals surface area contributed by atoms with Crippen LogP contribution in [0.5, 0.6) is 0 Å². The van der Waals surface area contributed by atoms with E-state index in [1.165, 1.54) is 0 Å². The summed E-state index contributed by atoms with van der Waals surface area (Å²) in [5.74, 6) is -0.212. The topological polar surface area (TPSA) is 102 Å². The summed E-state index contributed by atoms with van der Waals surface area (Å²) >= 11 is 1.06. The molecule has 0 radical (unpaired) electrons. The second kappa shape index (κ2) is 4.73. The average Bonchev–Trinajstić information content (AvgIpc) is 2.75. The van der Waals surface area contributed by atoms with Gasteiger partial charge in [0.1, 0.15) is 0 Å². The molecule has 0 aliphatic carbocycles. The zero-order valence-electron chi connectivity index (χ0n) is 8.50. The molecule has 1 fully saturated rings. The van der Waals surface area contributed by atoms with Gasteiger partial charge < -0.3 is 20.5 Å². The number of aliphatic hydroxyl groups excluding tert-OH is 1. The lowest BCUT2D eigenvalue weighted by Gasteiger charge is -2.31. The van der Waals surface area contributed by atoms with E-state index >= 15 is 0 Å². The number of hydrogen-bond acceptors (Lipinski definition) is 7. The standard InChI is InChI=1S/C8H12N4O3S/c9-8-11-10-6(16-8)7(14)12-1-2-15-5(3-12)4-13/h5,13H,1-4H2,(H2,9,11). The number of morpholine rings is 1. The number of anilines is 1. The molecule has 7 nitrogen and oxygen atoms in total. The minimum Gasteiger partial charge on any atom is -0.394 e. The summed E-state index contributed by atoms with van der Waals surface area (Å²) in [6.45, 7) is 1.19. The number of aromatic nitrogens is 2. The van der Waals surface area contributed by atoms with Gasteiger partial charge in [-0.1, -0.05) is 11.3 Å². The molecule has 2 rings (SSSR count). The van der Waals surface area contributed by atoms with Crippen LogP contribution in [0.25, 0.3) is 0 Å². The van der Waals surface area contributed by atoms with E-state index < -0.39 is 0 Å². The van der Waals surface area contributed by atoms with Crippen molar-refractivity contribution in [3.05, 3.63) is 5.01 Å². The minimum absolute atomic E-state index is 0.0952. The molecule has 0 spiro atoms. The van der Waals surface area contributed by atoms with Crippen molar-refractivity contribution in [1.82, 2.24) is 15.1 Å². The zero-order valence-corrected chi connectivity index (χ0v) is 9.31. The van der Waals surface area contributed by atoms with Crippen LogP contribution in [0, 0.1) is 0 Å². The van der Waals surface area contributed by atoms with E-state index in [0.717, 1.165) is 11.3 Å². The van der Waals surface area contributed by atoms with E-state index in [0.29, 0.717) is 19.7 Å². The van der Waals surface area contributed by atoms with Gasteiger partial charge in [0.15, 0.2) is 0 Å². The van der Waals surface area contributed by atoms with Gasteiger partial charge in [-0.05, 0) is 0 Å². The fourth-order valence-electron chi connectivity index (χ4n) is 1.47. The van der Waals surface area contributed by atoms with Gasteiger partial charge in [-0.2, -0.15) is 0 Å². The molecule has 0 aromatic carbocycles. The van der Waals surface area contributed by atoms with E-state index in [4.69, 9.17) is 15.6 Å². The lowest BCUT2D eigenvalue weighted by atomic mass is 10.3. The number of hydrogen-bond donors (Lipinski definition) is 2. The third-order valence-corrected chi connectivity index (χ3v) is 2.99. The van der Waals surface area contributed by atoms with Crippen molar-refractivity contribution in [2.75, 3.05) is 32.0 Å². The third kappa shape index (κ3) is 2.29. The molecule has 1 aliphatic rings. The van der Waals surface area contributed by atoms with Crippen molar-refractivity contribution in [2.24, 2.45) is 0 Å². The highest BCUT2D eigenvalue weighted by Crippen LogP contribution is 2.15. The van der Waals surface area contributed by atoms with E-state index in [-0.39, 0.29) is 28.8 Å². The summed E-state index contributed by atoms with van der Waals surface area (Å²) in [6.07, 6.45) is -0.317. The Kier molecular flexibility index (Phi) is 3.32. The van der Waals surface area contributed by atoms with Gasteiger partial charge in [0.25, 0.3) is 5.91 Å². The molecule has 1 unspecified atom stereocenters. The summed E-state index contributed by atoms with van der Waals surface area (Å²) in [5.41, 5.74) is 5.41. The van der Waals surface area contributed by atoms with Gasteiger partial charge in [0.05, 0.1) is 19.3 Å². The predicted octanol–water partition coefficient (Wildman–Crippen LogP) is -1.05. The molecule has 1 aliphatic heterocycles. The molecule has 0 bridgehead atoms. The first-order valence-electron chi connectivity index (χ1n) is 4.81. The van der Waals surface area contributed by atoms with Crippen LogP contribution in [0.4, 0.5) is 5.13 Å². The van der Waals surface area contributed by atoms with Crippen LogP contribution in [-0.4, -0.2) is 58.5 Å². The molecule has 88 valence electrons. The number of rotatable bonds is 2. The first-order valence-corrected chi connectivity index (χ1v) is 5.63. The SMILES string of the molecule is Nc1nnc(C(=O)N2CCOC(CO)C2)s1. The van der Waals surface area contributed by atoms with Crippen molar-refractivity contribution in [3.8, 4) is 0 Å². The Morgan fingerprint density at radius 3 is 3.12 bits per heavy atom. The normalized spacial score (nSPS) is 21.1. The van der Waals surface area contributed by atoms with Gasteiger partial charge >= 0.3 is 0 Å².